The van der Waals surface area contributed by atoms with Gasteiger partial charge in [-0.25, -0.2) is 9.37 Å². The fourth-order valence-electron chi connectivity index (χ4n) is 1.40. The Labute approximate surface area is 129 Å². The second-order valence-electron chi connectivity index (χ2n) is 3.91. The third kappa shape index (κ3) is 3.90. The maximum absolute atomic E-state index is 12.7. The number of nitrogens with zero attached hydrogens (tertiary/aromatic N) is 1. The van der Waals surface area contributed by atoms with E-state index in [9.17, 15) is 14.0 Å². The first-order chi connectivity index (χ1) is 9.97. The van der Waals surface area contributed by atoms with Crippen LogP contribution in [0.25, 0.3) is 0 Å². The molecule has 2 aromatic rings. The molecule has 0 saturated carbocycles. The van der Waals surface area contributed by atoms with Gasteiger partial charge in [0.1, 0.15) is 11.0 Å². The third-order valence-corrected chi connectivity index (χ3v) is 3.14. The minimum atomic E-state index is -0.614. The van der Waals surface area contributed by atoms with E-state index in [2.05, 4.69) is 15.8 Å². The second-order valence-corrected chi connectivity index (χ2v) is 4.68. The van der Waals surface area contributed by atoms with Gasteiger partial charge in [0.2, 0.25) is 0 Å². The summed E-state index contributed by atoms with van der Waals surface area (Å²) in [5.41, 5.74) is 4.70. The largest absolute Gasteiger partial charge is 0.271 e. The molecule has 1 heterocycles. The molecule has 0 atom stereocenters. The van der Waals surface area contributed by atoms with Gasteiger partial charge < -0.3 is 0 Å². The van der Waals surface area contributed by atoms with Crippen molar-refractivity contribution in [2.45, 2.75) is 0 Å². The fourth-order valence-corrected chi connectivity index (χ4v) is 1.67. The van der Waals surface area contributed by atoms with Gasteiger partial charge in [-0.3, -0.25) is 20.4 Å². The summed E-state index contributed by atoms with van der Waals surface area (Å²) in [6.07, 6.45) is 1.22. The molecule has 0 saturated heterocycles. The van der Waals surface area contributed by atoms with Crippen LogP contribution >= 0.6 is 23.2 Å². The number of amides is 2. The van der Waals surface area contributed by atoms with Crippen molar-refractivity contribution in [2.75, 3.05) is 0 Å². The summed E-state index contributed by atoms with van der Waals surface area (Å²) < 4.78 is 12.7. The molecule has 2 rings (SSSR count). The lowest BCUT2D eigenvalue weighted by molar-refractivity contribution is 0.0846. The Hall–Kier alpha value is -2.18. The van der Waals surface area contributed by atoms with Crippen molar-refractivity contribution in [3.05, 3.63) is 63.6 Å². The molecule has 0 unspecified atom stereocenters. The number of pyridine rings is 1. The van der Waals surface area contributed by atoms with E-state index in [1.54, 1.807) is 0 Å². The van der Waals surface area contributed by atoms with Crippen LogP contribution in [-0.2, 0) is 0 Å². The van der Waals surface area contributed by atoms with E-state index >= 15 is 0 Å². The van der Waals surface area contributed by atoms with Crippen molar-refractivity contribution < 1.29 is 14.0 Å². The first-order valence-corrected chi connectivity index (χ1v) is 6.40. The molecule has 0 bridgehead atoms. The van der Waals surface area contributed by atoms with E-state index in [0.717, 1.165) is 12.1 Å². The topological polar surface area (TPSA) is 71.1 Å². The second kappa shape index (κ2) is 6.51. The van der Waals surface area contributed by atoms with Crippen LogP contribution in [0.15, 0.2) is 36.5 Å². The summed E-state index contributed by atoms with van der Waals surface area (Å²) in [7, 11) is 0. The number of nitrogens with one attached hydrogen (secondary N) is 2. The third-order valence-electron chi connectivity index (χ3n) is 2.45. The Balaban J connectivity index is 1.98. The van der Waals surface area contributed by atoms with E-state index < -0.39 is 17.6 Å². The number of halogens is 3. The summed E-state index contributed by atoms with van der Waals surface area (Å²) in [4.78, 5) is 27.2. The fraction of sp³-hybridized carbons (Fsp3) is 0. The van der Waals surface area contributed by atoms with Crippen molar-refractivity contribution in [2.24, 2.45) is 0 Å². The van der Waals surface area contributed by atoms with Crippen molar-refractivity contribution in [3.63, 3.8) is 0 Å². The van der Waals surface area contributed by atoms with Crippen LogP contribution in [0, 0.1) is 5.82 Å². The zero-order chi connectivity index (χ0) is 15.4. The molecule has 0 radical (unpaired) electrons. The molecule has 1 aromatic carbocycles. The van der Waals surface area contributed by atoms with Gasteiger partial charge in [-0.1, -0.05) is 23.2 Å². The highest BCUT2D eigenvalue weighted by molar-refractivity contribution is 6.41. The number of carbonyl (C=O) groups excluding carboxylic acids is 2. The van der Waals surface area contributed by atoms with Gasteiger partial charge >= 0.3 is 0 Å². The lowest BCUT2D eigenvalue weighted by Gasteiger charge is -2.07. The van der Waals surface area contributed by atoms with Crippen LogP contribution in [0.3, 0.4) is 0 Å². The molecule has 0 aliphatic carbocycles. The predicted molar refractivity (Wildman–Crippen MR) is 75.6 cm³/mol. The summed E-state index contributed by atoms with van der Waals surface area (Å²) in [5, 5.41) is 0.192. The minimum absolute atomic E-state index is 0.0727. The molecule has 5 nitrogen and oxygen atoms in total. The number of hydrogen-bond acceptors (Lipinski definition) is 3. The van der Waals surface area contributed by atoms with Gasteiger partial charge in [0.15, 0.2) is 0 Å². The van der Waals surface area contributed by atoms with E-state index in [-0.39, 0.29) is 21.3 Å². The van der Waals surface area contributed by atoms with Gasteiger partial charge in [-0.2, -0.15) is 0 Å². The Bertz CT molecular complexity index is 692. The lowest BCUT2D eigenvalue weighted by Crippen LogP contribution is -2.41. The summed E-state index contributed by atoms with van der Waals surface area (Å²) in [6, 6.07) is 6.17. The molecule has 2 N–H and O–H groups in total. The zero-order valence-corrected chi connectivity index (χ0v) is 11.9. The van der Waals surface area contributed by atoms with Crippen molar-refractivity contribution in [3.8, 4) is 0 Å². The zero-order valence-electron chi connectivity index (χ0n) is 10.4. The summed E-state index contributed by atoms with van der Waals surface area (Å²) in [5.74, 6) is -1.66. The molecule has 8 heteroatoms. The monoisotopic (exact) mass is 327 g/mol. The van der Waals surface area contributed by atoms with Crippen LogP contribution in [0.1, 0.15) is 20.7 Å². The Morgan fingerprint density at radius 1 is 1.00 bits per heavy atom. The van der Waals surface area contributed by atoms with Crippen molar-refractivity contribution in [1.82, 2.24) is 15.8 Å². The maximum Gasteiger partial charge on any atom is 0.271 e. The molecule has 21 heavy (non-hydrogen) atoms. The Morgan fingerprint density at radius 2 is 1.57 bits per heavy atom. The van der Waals surface area contributed by atoms with Gasteiger partial charge in [0.05, 0.1) is 10.6 Å². The number of carbonyl (C=O) groups is 2. The number of hydrogen-bond donors (Lipinski definition) is 2. The van der Waals surface area contributed by atoms with Crippen LogP contribution < -0.4 is 10.9 Å². The van der Waals surface area contributed by atoms with E-state index in [4.69, 9.17) is 23.2 Å². The highest BCUT2D eigenvalue weighted by Crippen LogP contribution is 2.19. The number of rotatable bonds is 2. The molecule has 108 valence electrons. The summed E-state index contributed by atoms with van der Waals surface area (Å²) in [6.45, 7) is 0. The smallest absolute Gasteiger partial charge is 0.267 e. The molecular formula is C13H8Cl2FN3O2. The lowest BCUT2D eigenvalue weighted by atomic mass is 10.2. The predicted octanol–water partition coefficient (Wildman–Crippen LogP) is 2.60. The van der Waals surface area contributed by atoms with Crippen LogP contribution in [0.4, 0.5) is 4.39 Å². The molecule has 0 spiro atoms. The average Bonchev–Trinajstić information content (AvgIpc) is 2.48. The van der Waals surface area contributed by atoms with Crippen LogP contribution in [0.5, 0.6) is 0 Å². The van der Waals surface area contributed by atoms with Gasteiger partial charge in [0.25, 0.3) is 11.8 Å². The van der Waals surface area contributed by atoms with Crippen LogP contribution in [0.2, 0.25) is 10.2 Å². The molecule has 0 fully saturated rings. The molecular weight excluding hydrogens is 320 g/mol. The molecule has 0 aliphatic heterocycles. The van der Waals surface area contributed by atoms with E-state index in [0.29, 0.717) is 0 Å². The number of benzene rings is 1. The Morgan fingerprint density at radius 3 is 2.14 bits per heavy atom. The highest BCUT2D eigenvalue weighted by atomic mass is 35.5. The number of hydrazine groups is 1. The maximum atomic E-state index is 12.7. The molecule has 1 aromatic heterocycles. The number of aromatic nitrogens is 1. The molecule has 2 amide bonds. The highest BCUT2D eigenvalue weighted by Gasteiger charge is 2.11. The van der Waals surface area contributed by atoms with Gasteiger partial charge in [-0.15, -0.1) is 0 Å². The van der Waals surface area contributed by atoms with Gasteiger partial charge in [0, 0.05) is 11.8 Å². The average molecular weight is 328 g/mol. The Kier molecular flexibility index (Phi) is 4.72. The first kappa shape index (κ1) is 15.2. The van der Waals surface area contributed by atoms with E-state index in [1.807, 2.05) is 0 Å². The van der Waals surface area contributed by atoms with E-state index in [1.165, 1.54) is 24.4 Å². The standard InChI is InChI=1S/C13H8Cl2FN3O2/c14-10-5-8(6-17-11(10)15)13(21)19-18-12(20)7-1-3-9(16)4-2-7/h1-6H,(H,18,20)(H,19,21). The van der Waals surface area contributed by atoms with Crippen LogP contribution in [-0.4, -0.2) is 16.8 Å². The van der Waals surface area contributed by atoms with Crippen molar-refractivity contribution >= 4 is 35.0 Å². The van der Waals surface area contributed by atoms with Crippen molar-refractivity contribution in [1.29, 1.82) is 0 Å². The molecule has 0 aliphatic rings. The quantitative estimate of drug-likeness (QED) is 0.658. The minimum Gasteiger partial charge on any atom is -0.267 e. The summed E-state index contributed by atoms with van der Waals surface area (Å²) >= 11 is 11.4. The normalized spacial score (nSPS) is 10.0. The SMILES string of the molecule is O=C(NNC(=O)c1cnc(Cl)c(Cl)c1)c1ccc(F)cc1. The first-order valence-electron chi connectivity index (χ1n) is 5.64. The van der Waals surface area contributed by atoms with Gasteiger partial charge in [-0.05, 0) is 30.3 Å².